The van der Waals surface area contributed by atoms with Crippen LogP contribution >= 0.6 is 0 Å². The number of aromatic amines is 1. The quantitative estimate of drug-likeness (QED) is 0.615. The van der Waals surface area contributed by atoms with Gasteiger partial charge in [-0.15, -0.1) is 0 Å². The topological polar surface area (TPSA) is 76.5 Å². The zero-order valence-electron chi connectivity index (χ0n) is 14.9. The Morgan fingerprint density at radius 2 is 1.88 bits per heavy atom. The number of nitrogens with zero attached hydrogens (tertiary/aromatic N) is 4. The van der Waals surface area contributed by atoms with Gasteiger partial charge in [0.1, 0.15) is 0 Å². The van der Waals surface area contributed by atoms with Crippen molar-refractivity contribution in [3.63, 3.8) is 0 Å². The van der Waals surface area contributed by atoms with Gasteiger partial charge in [0.15, 0.2) is 11.6 Å². The summed E-state index contributed by atoms with van der Waals surface area (Å²) < 4.78 is 1.73. The number of para-hydroxylation sites is 1. The van der Waals surface area contributed by atoms with Crippen molar-refractivity contribution in [3.8, 4) is 17.1 Å². The number of nitrogens with one attached hydrogen (secondary N) is 1. The normalized spacial score (nSPS) is 11.4. The highest BCUT2D eigenvalue weighted by Gasteiger charge is 2.19. The fourth-order valence-corrected chi connectivity index (χ4v) is 2.92. The van der Waals surface area contributed by atoms with Crippen LogP contribution in [0.2, 0.25) is 0 Å². The second-order valence-electron chi connectivity index (χ2n) is 6.60. The molecule has 0 spiro atoms. The summed E-state index contributed by atoms with van der Waals surface area (Å²) in [5.74, 6) is 1.35. The first-order valence-electron chi connectivity index (χ1n) is 8.56. The van der Waals surface area contributed by atoms with Crippen molar-refractivity contribution < 1.29 is 0 Å². The number of fused-ring (bicyclic) bond motifs is 1. The third-order valence-corrected chi connectivity index (χ3v) is 4.28. The lowest BCUT2D eigenvalue weighted by Gasteiger charge is -2.08. The predicted octanol–water partition coefficient (Wildman–Crippen LogP) is 3.60. The zero-order valence-corrected chi connectivity index (χ0v) is 14.9. The van der Waals surface area contributed by atoms with Gasteiger partial charge in [0.05, 0.1) is 16.8 Å². The molecule has 0 aliphatic heterocycles. The lowest BCUT2D eigenvalue weighted by atomic mass is 10.2. The molecule has 0 fully saturated rings. The number of hydrogen-bond donors (Lipinski definition) is 1. The van der Waals surface area contributed by atoms with Gasteiger partial charge in [-0.1, -0.05) is 32.0 Å². The number of benzene rings is 1. The second-order valence-corrected chi connectivity index (χ2v) is 6.60. The maximum Gasteiger partial charge on any atom is 0.259 e. The lowest BCUT2D eigenvalue weighted by molar-refractivity contribution is 0.755. The lowest BCUT2D eigenvalue weighted by Crippen LogP contribution is -2.13. The van der Waals surface area contributed by atoms with E-state index in [9.17, 15) is 4.79 Å². The Labute approximate surface area is 150 Å². The molecule has 3 aromatic heterocycles. The number of hydrogen-bond acceptors (Lipinski definition) is 4. The van der Waals surface area contributed by atoms with Gasteiger partial charge in [-0.05, 0) is 31.2 Å². The molecule has 0 aliphatic carbocycles. The van der Waals surface area contributed by atoms with Crippen molar-refractivity contribution >= 4 is 10.9 Å². The Hall–Kier alpha value is -3.28. The molecule has 0 unspecified atom stereocenters. The first-order chi connectivity index (χ1) is 12.5. The minimum absolute atomic E-state index is 0.141. The Morgan fingerprint density at radius 3 is 2.65 bits per heavy atom. The van der Waals surface area contributed by atoms with Crippen LogP contribution < -0.4 is 5.56 Å². The third-order valence-electron chi connectivity index (χ3n) is 4.28. The van der Waals surface area contributed by atoms with Gasteiger partial charge in [-0.3, -0.25) is 9.78 Å². The molecule has 0 saturated heterocycles. The molecule has 6 nitrogen and oxygen atoms in total. The molecule has 0 saturated carbocycles. The van der Waals surface area contributed by atoms with Crippen molar-refractivity contribution in [2.24, 2.45) is 0 Å². The average molecular weight is 345 g/mol. The second kappa shape index (κ2) is 6.22. The smallest absolute Gasteiger partial charge is 0.259 e. The van der Waals surface area contributed by atoms with Crippen LogP contribution in [0.25, 0.3) is 28.0 Å². The van der Waals surface area contributed by atoms with Crippen LogP contribution in [0.3, 0.4) is 0 Å². The molecule has 3 heterocycles. The molecule has 0 atom stereocenters. The maximum atomic E-state index is 12.5. The summed E-state index contributed by atoms with van der Waals surface area (Å²) in [4.78, 5) is 24.5. The van der Waals surface area contributed by atoms with Gasteiger partial charge < -0.3 is 4.98 Å². The molecule has 1 N–H and O–H groups in total. The predicted molar refractivity (Wildman–Crippen MR) is 102 cm³/mol. The molecule has 1 aromatic carbocycles. The fourth-order valence-electron chi connectivity index (χ4n) is 2.92. The summed E-state index contributed by atoms with van der Waals surface area (Å²) in [6.45, 7) is 5.92. The van der Waals surface area contributed by atoms with E-state index in [2.05, 4.69) is 20.1 Å². The largest absolute Gasteiger partial charge is 0.326 e. The third kappa shape index (κ3) is 2.69. The van der Waals surface area contributed by atoms with E-state index in [0.717, 1.165) is 22.3 Å². The van der Waals surface area contributed by atoms with E-state index in [0.29, 0.717) is 17.2 Å². The monoisotopic (exact) mass is 345 g/mol. The van der Waals surface area contributed by atoms with Gasteiger partial charge in [0, 0.05) is 23.2 Å². The van der Waals surface area contributed by atoms with Gasteiger partial charge in [0.25, 0.3) is 5.56 Å². The fraction of sp³-hybridized carbons (Fsp3) is 0.200. The molecule has 0 radical (unpaired) electrons. The van der Waals surface area contributed by atoms with E-state index in [1.54, 1.807) is 16.9 Å². The average Bonchev–Trinajstić information content (AvgIpc) is 3.06. The summed E-state index contributed by atoms with van der Waals surface area (Å²) in [6, 6.07) is 13.5. The van der Waals surface area contributed by atoms with Crippen LogP contribution in [-0.2, 0) is 0 Å². The van der Waals surface area contributed by atoms with Gasteiger partial charge in [0.2, 0.25) is 0 Å². The summed E-state index contributed by atoms with van der Waals surface area (Å²) in [7, 11) is 0. The molecule has 0 amide bonds. The number of aromatic nitrogens is 5. The standard InChI is InChI=1S/C20H19N5O/c1-12(2)18-23-19(15-10-9-13(3)22-20(15)26)25(24-18)16-8-4-6-14-7-5-11-21-17(14)16/h4-12H,1-3H3,(H,22,26). The molecule has 130 valence electrons. The van der Waals surface area contributed by atoms with E-state index < -0.39 is 0 Å². The van der Waals surface area contributed by atoms with Gasteiger partial charge >= 0.3 is 0 Å². The highest BCUT2D eigenvalue weighted by molar-refractivity contribution is 5.86. The summed E-state index contributed by atoms with van der Waals surface area (Å²) in [5, 5.41) is 5.69. The van der Waals surface area contributed by atoms with Crippen molar-refractivity contribution in [1.82, 2.24) is 24.7 Å². The van der Waals surface area contributed by atoms with E-state index in [1.807, 2.05) is 57.2 Å². The zero-order chi connectivity index (χ0) is 18.3. The van der Waals surface area contributed by atoms with E-state index in [-0.39, 0.29) is 11.5 Å². The van der Waals surface area contributed by atoms with Crippen molar-refractivity contribution in [2.45, 2.75) is 26.7 Å². The van der Waals surface area contributed by atoms with Crippen LogP contribution in [0.4, 0.5) is 0 Å². The SMILES string of the molecule is Cc1ccc(-c2nc(C(C)C)nn2-c2cccc3cccnc23)c(=O)[nH]1. The van der Waals surface area contributed by atoms with Crippen LogP contribution in [0.5, 0.6) is 0 Å². The number of H-pyrrole nitrogens is 1. The summed E-state index contributed by atoms with van der Waals surface area (Å²) in [5.41, 5.74) is 2.74. The molecular formula is C20H19N5O. The molecular weight excluding hydrogens is 326 g/mol. The summed E-state index contributed by atoms with van der Waals surface area (Å²) >= 11 is 0. The molecule has 26 heavy (non-hydrogen) atoms. The van der Waals surface area contributed by atoms with Crippen LogP contribution in [0.1, 0.15) is 31.3 Å². The van der Waals surface area contributed by atoms with Crippen LogP contribution in [0, 0.1) is 6.92 Å². The van der Waals surface area contributed by atoms with Crippen LogP contribution in [-0.4, -0.2) is 24.7 Å². The first kappa shape index (κ1) is 16.2. The molecule has 4 aromatic rings. The number of aryl methyl sites for hydroxylation is 1. The Balaban J connectivity index is 2.03. The van der Waals surface area contributed by atoms with E-state index >= 15 is 0 Å². The van der Waals surface area contributed by atoms with Crippen molar-refractivity contribution in [3.05, 3.63) is 70.5 Å². The Bertz CT molecular complexity index is 1150. The van der Waals surface area contributed by atoms with Crippen molar-refractivity contribution in [2.75, 3.05) is 0 Å². The van der Waals surface area contributed by atoms with Gasteiger partial charge in [-0.25, -0.2) is 9.67 Å². The van der Waals surface area contributed by atoms with E-state index in [4.69, 9.17) is 0 Å². The highest BCUT2D eigenvalue weighted by Crippen LogP contribution is 2.25. The van der Waals surface area contributed by atoms with E-state index in [1.165, 1.54) is 0 Å². The Kier molecular flexibility index (Phi) is 3.88. The molecule has 0 bridgehead atoms. The molecule has 0 aliphatic rings. The highest BCUT2D eigenvalue weighted by atomic mass is 16.1. The minimum Gasteiger partial charge on any atom is -0.326 e. The first-order valence-corrected chi connectivity index (χ1v) is 8.56. The van der Waals surface area contributed by atoms with Crippen LogP contribution in [0.15, 0.2) is 53.5 Å². The minimum atomic E-state index is -0.179. The number of rotatable bonds is 3. The molecule has 6 heteroatoms. The number of pyridine rings is 2. The molecule has 4 rings (SSSR count). The van der Waals surface area contributed by atoms with Gasteiger partial charge in [-0.2, -0.15) is 5.10 Å². The summed E-state index contributed by atoms with van der Waals surface area (Å²) in [6.07, 6.45) is 1.75. The maximum absolute atomic E-state index is 12.5. The Morgan fingerprint density at radius 1 is 1.08 bits per heavy atom. The van der Waals surface area contributed by atoms with Crippen molar-refractivity contribution in [1.29, 1.82) is 0 Å².